The molecule has 1 aromatic carbocycles. The second-order valence-corrected chi connectivity index (χ2v) is 6.75. The van der Waals surface area contributed by atoms with Crippen LogP contribution in [0.2, 0.25) is 0 Å². The highest BCUT2D eigenvalue weighted by atomic mass is 19.2. The van der Waals surface area contributed by atoms with Crippen LogP contribution >= 0.6 is 0 Å². The molecule has 2 aliphatic heterocycles. The molecule has 3 nitrogen and oxygen atoms in total. The van der Waals surface area contributed by atoms with E-state index in [1.54, 1.807) is 7.11 Å². The van der Waals surface area contributed by atoms with E-state index in [1.807, 2.05) is 0 Å². The van der Waals surface area contributed by atoms with Gasteiger partial charge in [0.15, 0.2) is 11.6 Å². The van der Waals surface area contributed by atoms with Gasteiger partial charge in [-0.25, -0.2) is 8.78 Å². The van der Waals surface area contributed by atoms with Crippen molar-refractivity contribution in [1.29, 1.82) is 0 Å². The minimum absolute atomic E-state index is 0.215. The lowest BCUT2D eigenvalue weighted by molar-refractivity contribution is 0.194. The lowest BCUT2D eigenvalue weighted by Crippen LogP contribution is -2.46. The van der Waals surface area contributed by atoms with Crippen LogP contribution in [0.5, 0.6) is 0 Å². The first-order valence-corrected chi connectivity index (χ1v) is 8.58. The molecule has 1 N–H and O–H groups in total. The van der Waals surface area contributed by atoms with Gasteiger partial charge in [0.2, 0.25) is 0 Å². The summed E-state index contributed by atoms with van der Waals surface area (Å²) in [7, 11) is 1.69. The monoisotopic (exact) mass is 324 g/mol. The van der Waals surface area contributed by atoms with Crippen LogP contribution in [-0.2, 0) is 4.74 Å². The summed E-state index contributed by atoms with van der Waals surface area (Å²) in [6.45, 7) is 5.69. The molecule has 0 radical (unpaired) electrons. The predicted octanol–water partition coefficient (Wildman–Crippen LogP) is 3.29. The second kappa shape index (κ2) is 7.14. The Bertz CT molecular complexity index is 546. The summed E-state index contributed by atoms with van der Waals surface area (Å²) in [6.07, 6.45) is 3.22. The highest BCUT2D eigenvalue weighted by Gasteiger charge is 2.41. The maximum Gasteiger partial charge on any atom is 0.160 e. The summed E-state index contributed by atoms with van der Waals surface area (Å²) in [4.78, 5) is 2.29. The zero-order valence-corrected chi connectivity index (χ0v) is 13.9. The Morgan fingerprint density at radius 1 is 1.30 bits per heavy atom. The highest BCUT2D eigenvalue weighted by molar-refractivity contribution is 5.62. The number of halogens is 2. The maximum atomic E-state index is 13.8. The Kier molecular flexibility index (Phi) is 5.17. The molecular weight excluding hydrogens is 298 g/mol. The summed E-state index contributed by atoms with van der Waals surface area (Å²) in [6, 6.07) is 3.08. The van der Waals surface area contributed by atoms with E-state index in [4.69, 9.17) is 4.74 Å². The Morgan fingerprint density at radius 2 is 2.09 bits per heavy atom. The fourth-order valence-electron chi connectivity index (χ4n) is 4.26. The van der Waals surface area contributed by atoms with E-state index in [0.717, 1.165) is 37.3 Å². The van der Waals surface area contributed by atoms with E-state index in [0.29, 0.717) is 18.6 Å². The van der Waals surface area contributed by atoms with Crippen molar-refractivity contribution in [2.24, 2.45) is 5.92 Å². The molecule has 0 saturated carbocycles. The van der Waals surface area contributed by atoms with Gasteiger partial charge in [-0.05, 0) is 49.9 Å². The van der Waals surface area contributed by atoms with Gasteiger partial charge >= 0.3 is 0 Å². The summed E-state index contributed by atoms with van der Waals surface area (Å²) < 4.78 is 32.7. The topological polar surface area (TPSA) is 24.5 Å². The van der Waals surface area contributed by atoms with Crippen LogP contribution in [0.25, 0.3) is 0 Å². The lowest BCUT2D eigenvalue weighted by atomic mass is 9.83. The second-order valence-electron chi connectivity index (χ2n) is 6.75. The van der Waals surface area contributed by atoms with E-state index in [1.165, 1.54) is 25.0 Å². The molecule has 128 valence electrons. The van der Waals surface area contributed by atoms with Crippen LogP contribution in [-0.4, -0.2) is 39.4 Å². The first kappa shape index (κ1) is 16.7. The molecule has 23 heavy (non-hydrogen) atoms. The Hall–Kier alpha value is -1.20. The third-order valence-electron chi connectivity index (χ3n) is 5.31. The van der Waals surface area contributed by atoms with Gasteiger partial charge in [0.05, 0.1) is 0 Å². The van der Waals surface area contributed by atoms with Gasteiger partial charge in [-0.3, -0.25) is 0 Å². The zero-order valence-electron chi connectivity index (χ0n) is 13.9. The van der Waals surface area contributed by atoms with Crippen molar-refractivity contribution in [3.05, 3.63) is 29.3 Å². The van der Waals surface area contributed by atoms with Crippen LogP contribution in [0.3, 0.4) is 0 Å². The van der Waals surface area contributed by atoms with E-state index in [9.17, 15) is 8.78 Å². The molecule has 1 saturated heterocycles. The number of rotatable bonds is 5. The van der Waals surface area contributed by atoms with E-state index >= 15 is 0 Å². The SMILES string of the molecule is COCCCN1c2cc(F)c(F)cc2C(C)C1C1CCCNC1. The molecule has 2 aliphatic rings. The van der Waals surface area contributed by atoms with Crippen molar-refractivity contribution in [3.8, 4) is 0 Å². The zero-order chi connectivity index (χ0) is 16.4. The van der Waals surface area contributed by atoms with E-state index in [2.05, 4.69) is 17.1 Å². The minimum Gasteiger partial charge on any atom is -0.385 e. The molecular formula is C18H26F2N2O. The normalized spacial score (nSPS) is 27.3. The fourth-order valence-corrected chi connectivity index (χ4v) is 4.26. The van der Waals surface area contributed by atoms with E-state index < -0.39 is 11.6 Å². The summed E-state index contributed by atoms with van der Waals surface area (Å²) in [5.74, 6) is -0.766. The van der Waals surface area contributed by atoms with Crippen LogP contribution in [0.4, 0.5) is 14.5 Å². The third kappa shape index (κ3) is 3.22. The van der Waals surface area contributed by atoms with Gasteiger partial charge < -0.3 is 15.0 Å². The highest BCUT2D eigenvalue weighted by Crippen LogP contribution is 2.45. The van der Waals surface area contributed by atoms with Gasteiger partial charge in [0.25, 0.3) is 0 Å². The van der Waals surface area contributed by atoms with Gasteiger partial charge in [-0.1, -0.05) is 6.92 Å². The number of nitrogens with one attached hydrogen (secondary N) is 1. The first-order chi connectivity index (χ1) is 11.1. The summed E-state index contributed by atoms with van der Waals surface area (Å²) >= 11 is 0. The smallest absolute Gasteiger partial charge is 0.160 e. The molecule has 3 unspecified atom stereocenters. The number of piperidine rings is 1. The van der Waals surface area contributed by atoms with Crippen molar-refractivity contribution in [1.82, 2.24) is 5.32 Å². The molecule has 0 amide bonds. The third-order valence-corrected chi connectivity index (χ3v) is 5.31. The molecule has 0 aliphatic carbocycles. The van der Waals surface area contributed by atoms with Crippen molar-refractivity contribution in [2.45, 2.75) is 38.1 Å². The molecule has 0 spiro atoms. The average Bonchev–Trinajstić information content (AvgIpc) is 2.81. The van der Waals surface area contributed by atoms with Crippen LogP contribution in [0.1, 0.15) is 37.7 Å². The number of methoxy groups -OCH3 is 1. The molecule has 0 aromatic heterocycles. The number of ether oxygens (including phenoxy) is 1. The van der Waals surface area contributed by atoms with Crippen molar-refractivity contribution < 1.29 is 13.5 Å². The first-order valence-electron chi connectivity index (χ1n) is 8.58. The number of benzene rings is 1. The van der Waals surface area contributed by atoms with Crippen molar-refractivity contribution in [2.75, 3.05) is 38.3 Å². The van der Waals surface area contributed by atoms with Crippen molar-refractivity contribution in [3.63, 3.8) is 0 Å². The largest absolute Gasteiger partial charge is 0.385 e. The predicted molar refractivity (Wildman–Crippen MR) is 88.0 cm³/mol. The quantitative estimate of drug-likeness (QED) is 0.841. The van der Waals surface area contributed by atoms with E-state index in [-0.39, 0.29) is 5.92 Å². The summed E-state index contributed by atoms with van der Waals surface area (Å²) in [5, 5.41) is 3.47. The fraction of sp³-hybridized carbons (Fsp3) is 0.667. The number of nitrogens with zero attached hydrogens (tertiary/aromatic N) is 1. The number of hydrogen-bond acceptors (Lipinski definition) is 3. The molecule has 1 fully saturated rings. The number of hydrogen-bond donors (Lipinski definition) is 1. The van der Waals surface area contributed by atoms with Crippen molar-refractivity contribution >= 4 is 5.69 Å². The molecule has 1 aromatic rings. The molecule has 0 bridgehead atoms. The standard InChI is InChI=1S/C18H26F2N2O/c1-12-14-9-15(19)16(20)10-17(14)22(7-4-8-23-2)18(12)13-5-3-6-21-11-13/h9-10,12-13,18,21H,3-8,11H2,1-2H3. The Balaban J connectivity index is 1.90. The Labute approximate surface area is 137 Å². The molecule has 5 heteroatoms. The molecule has 3 atom stereocenters. The maximum absolute atomic E-state index is 13.8. The lowest BCUT2D eigenvalue weighted by Gasteiger charge is -2.38. The van der Waals surface area contributed by atoms with Gasteiger partial charge in [0, 0.05) is 44.0 Å². The number of fused-ring (bicyclic) bond motifs is 1. The van der Waals surface area contributed by atoms with Gasteiger partial charge in [0.1, 0.15) is 0 Å². The van der Waals surface area contributed by atoms with Crippen LogP contribution in [0, 0.1) is 17.6 Å². The van der Waals surface area contributed by atoms with Crippen LogP contribution < -0.4 is 10.2 Å². The Morgan fingerprint density at radius 3 is 2.78 bits per heavy atom. The van der Waals surface area contributed by atoms with Gasteiger partial charge in [-0.15, -0.1) is 0 Å². The van der Waals surface area contributed by atoms with Crippen LogP contribution in [0.15, 0.2) is 12.1 Å². The van der Waals surface area contributed by atoms with Gasteiger partial charge in [-0.2, -0.15) is 0 Å². The summed E-state index contributed by atoms with van der Waals surface area (Å²) in [5.41, 5.74) is 1.81. The minimum atomic E-state index is -0.755. The molecule has 2 heterocycles. The number of anilines is 1. The average molecular weight is 324 g/mol. The molecule has 3 rings (SSSR count).